The van der Waals surface area contributed by atoms with E-state index in [0.29, 0.717) is 0 Å². The molecule has 0 fully saturated rings. The Balaban J connectivity index is 0.706. The van der Waals surface area contributed by atoms with Gasteiger partial charge in [0.05, 0.1) is 6.04 Å². The second-order valence-corrected chi connectivity index (χ2v) is 24.0. The number of benzene rings is 12. The van der Waals surface area contributed by atoms with Gasteiger partial charge in [0, 0.05) is 96.7 Å². The number of rotatable bonds is 22. The van der Waals surface area contributed by atoms with E-state index in [1.54, 1.807) is 0 Å². The predicted octanol–water partition coefficient (Wildman–Crippen LogP) is 25.1. The monoisotopic (exact) mass is 1240 g/mol. The van der Waals surface area contributed by atoms with Gasteiger partial charge in [0.15, 0.2) is 0 Å². The molecule has 1 atom stereocenters. The van der Waals surface area contributed by atoms with Gasteiger partial charge in [0.1, 0.15) is 0 Å². The second kappa shape index (κ2) is 29.2. The molecule has 6 nitrogen and oxygen atoms in total. The molecule has 0 saturated carbocycles. The van der Waals surface area contributed by atoms with E-state index in [1.165, 1.54) is 11.3 Å². The smallest absolute Gasteiger partial charge is 0.0561 e. The minimum atomic E-state index is 0.0464. The molecule has 2 aliphatic rings. The van der Waals surface area contributed by atoms with Crippen molar-refractivity contribution in [2.24, 2.45) is 0 Å². The highest BCUT2D eigenvalue weighted by Crippen LogP contribution is 2.43. The molecule has 0 radical (unpaired) electrons. The molecule has 0 N–H and O–H groups in total. The number of hydrogen-bond acceptors (Lipinski definition) is 6. The van der Waals surface area contributed by atoms with E-state index in [1.807, 2.05) is 6.07 Å². The third-order valence-electron chi connectivity index (χ3n) is 17.7. The number of allylic oxidation sites excluding steroid dienone is 6. The standard InChI is InChI=1S/C90H76N6/c1-3-4-26-69(2)91(74-27-12-5-13-28-74)81-49-41-70(42-50-81)71-45-53-83(54-46-71)93(77-33-18-8-19-34-77)85-57-61-87(62-58-85)95(79-37-22-10-23-38-79)89-65-67-90(68-66-89)96(80-39-24-11-25-40-80)88-63-59-86(60-64-88)94(78-35-20-9-21-36-78)84-55-47-73(48-56-84)72-43-51-82(52-44-72)92(75-29-14-6-15-30-75)76-31-16-7-17-32-76/h4-6,8-16,18-67,90H,2-3,7,17,68H2,1H3/b26-4-. The molecule has 6 heteroatoms. The molecule has 12 aromatic rings. The van der Waals surface area contributed by atoms with Crippen LogP contribution in [0, 0.1) is 0 Å². The fourth-order valence-electron chi connectivity index (χ4n) is 13.0. The summed E-state index contributed by atoms with van der Waals surface area (Å²) in [6.45, 7) is 6.58. The highest BCUT2D eigenvalue weighted by atomic mass is 15.2. The lowest BCUT2D eigenvalue weighted by molar-refractivity contribution is 0.776. The lowest BCUT2D eigenvalue weighted by Crippen LogP contribution is -2.31. The van der Waals surface area contributed by atoms with Crippen LogP contribution in [-0.4, -0.2) is 6.04 Å². The Bertz CT molecular complexity index is 4670. The third kappa shape index (κ3) is 13.7. The van der Waals surface area contributed by atoms with E-state index in [0.717, 1.165) is 133 Å². The predicted molar refractivity (Wildman–Crippen MR) is 408 cm³/mol. The van der Waals surface area contributed by atoms with Crippen LogP contribution >= 0.6 is 0 Å². The first kappa shape index (κ1) is 61.4. The lowest BCUT2D eigenvalue weighted by atomic mass is 10.0. The van der Waals surface area contributed by atoms with E-state index >= 15 is 0 Å². The largest absolute Gasteiger partial charge is 0.334 e. The van der Waals surface area contributed by atoms with Crippen molar-refractivity contribution in [1.29, 1.82) is 0 Å². The van der Waals surface area contributed by atoms with Crippen molar-refractivity contribution in [1.82, 2.24) is 0 Å². The first-order chi connectivity index (χ1) is 47.5. The highest BCUT2D eigenvalue weighted by Gasteiger charge is 2.25. The molecular weight excluding hydrogens is 1170 g/mol. The van der Waals surface area contributed by atoms with E-state index in [2.05, 4.69) is 413 Å². The number of nitrogens with zero attached hydrogens (tertiary/aromatic N) is 6. The molecule has 0 heterocycles. The zero-order valence-electron chi connectivity index (χ0n) is 54.1. The Kier molecular flexibility index (Phi) is 18.7. The maximum absolute atomic E-state index is 4.43. The van der Waals surface area contributed by atoms with Gasteiger partial charge in [-0.05, 0) is 236 Å². The molecule has 0 amide bonds. The molecule has 14 rings (SSSR count). The number of anilines is 14. The second-order valence-electron chi connectivity index (χ2n) is 24.0. The molecule has 1 unspecified atom stereocenters. The molecule has 2 aliphatic carbocycles. The van der Waals surface area contributed by atoms with Crippen LogP contribution in [0.5, 0.6) is 0 Å². The highest BCUT2D eigenvalue weighted by molar-refractivity contribution is 5.84. The van der Waals surface area contributed by atoms with Gasteiger partial charge in [-0.15, -0.1) is 0 Å². The number of hydrogen-bond donors (Lipinski definition) is 0. The minimum absolute atomic E-state index is 0.0464. The van der Waals surface area contributed by atoms with Crippen molar-refractivity contribution in [2.75, 3.05) is 29.4 Å². The van der Waals surface area contributed by atoms with Gasteiger partial charge in [-0.2, -0.15) is 0 Å². The first-order valence-electron chi connectivity index (χ1n) is 33.3. The van der Waals surface area contributed by atoms with Crippen molar-refractivity contribution in [3.8, 4) is 22.3 Å². The van der Waals surface area contributed by atoms with Gasteiger partial charge in [0.2, 0.25) is 0 Å². The average Bonchev–Trinajstić information content (AvgIpc) is 0.818. The van der Waals surface area contributed by atoms with Crippen molar-refractivity contribution < 1.29 is 0 Å². The van der Waals surface area contributed by atoms with E-state index in [-0.39, 0.29) is 6.04 Å². The summed E-state index contributed by atoms with van der Waals surface area (Å²) in [5.41, 5.74) is 23.1. The molecule has 466 valence electrons. The van der Waals surface area contributed by atoms with Gasteiger partial charge in [-0.25, -0.2) is 0 Å². The Morgan fingerprint density at radius 3 is 0.969 bits per heavy atom. The summed E-state index contributed by atoms with van der Waals surface area (Å²) in [5.74, 6) is 0. The van der Waals surface area contributed by atoms with Crippen LogP contribution in [0.3, 0.4) is 0 Å². The molecule has 0 spiro atoms. The zero-order valence-corrected chi connectivity index (χ0v) is 54.1. The van der Waals surface area contributed by atoms with Crippen molar-refractivity contribution >= 4 is 79.6 Å². The SMILES string of the molecule is C=C(/C=C\CC)N(c1ccccc1)c1ccc(-c2ccc(N(c3ccccc3)c3ccc(N(C4=CCC(N(c5ccccc5)c5ccc(N(c6ccccc6)c6ccc(-c7ccc(N(C8=CCCC=C8)c8ccccc8)cc7)cc6)cc5)C=C4)c4ccccc4)cc3)cc2)cc1. The van der Waals surface area contributed by atoms with Crippen LogP contribution in [-0.2, 0) is 0 Å². The summed E-state index contributed by atoms with van der Waals surface area (Å²) >= 11 is 0. The van der Waals surface area contributed by atoms with Crippen LogP contribution < -0.4 is 29.4 Å². The van der Waals surface area contributed by atoms with Crippen LogP contribution in [0.1, 0.15) is 32.6 Å². The van der Waals surface area contributed by atoms with E-state index in [9.17, 15) is 0 Å². The van der Waals surface area contributed by atoms with E-state index in [4.69, 9.17) is 0 Å². The molecule has 0 aromatic heterocycles. The van der Waals surface area contributed by atoms with E-state index < -0.39 is 0 Å². The quantitative estimate of drug-likeness (QED) is 0.0626. The fourth-order valence-corrected chi connectivity index (χ4v) is 13.0. The topological polar surface area (TPSA) is 19.4 Å². The average molecular weight is 1240 g/mol. The Labute approximate surface area is 566 Å². The van der Waals surface area contributed by atoms with Crippen LogP contribution in [0.4, 0.5) is 79.6 Å². The van der Waals surface area contributed by atoms with Crippen molar-refractivity contribution in [3.63, 3.8) is 0 Å². The molecular formula is C90H76N6. The molecule has 96 heavy (non-hydrogen) atoms. The fraction of sp³-hybridized carbons (Fsp3) is 0.0667. The lowest BCUT2D eigenvalue weighted by Gasteiger charge is -2.35. The molecule has 12 aromatic carbocycles. The molecule has 0 aliphatic heterocycles. The Morgan fingerprint density at radius 1 is 0.323 bits per heavy atom. The summed E-state index contributed by atoms with van der Waals surface area (Å²) < 4.78 is 0. The minimum Gasteiger partial charge on any atom is -0.334 e. The first-order valence-corrected chi connectivity index (χ1v) is 33.3. The maximum Gasteiger partial charge on any atom is 0.0561 e. The summed E-state index contributed by atoms with van der Waals surface area (Å²) in [6.07, 6.45) is 22.0. The third-order valence-corrected chi connectivity index (χ3v) is 17.7. The van der Waals surface area contributed by atoms with Crippen molar-refractivity contribution in [2.45, 2.75) is 38.6 Å². The van der Waals surface area contributed by atoms with Gasteiger partial charge < -0.3 is 29.4 Å². The summed E-state index contributed by atoms with van der Waals surface area (Å²) in [4.78, 5) is 14.1. The summed E-state index contributed by atoms with van der Waals surface area (Å²) in [5, 5.41) is 0. The Morgan fingerprint density at radius 2 is 0.615 bits per heavy atom. The molecule has 0 saturated heterocycles. The zero-order chi connectivity index (χ0) is 64.8. The number of para-hydroxylation sites is 6. The normalized spacial score (nSPS) is 13.3. The van der Waals surface area contributed by atoms with Gasteiger partial charge >= 0.3 is 0 Å². The molecule has 0 bridgehead atoms. The summed E-state index contributed by atoms with van der Waals surface area (Å²) in [6, 6.07) is 118. The summed E-state index contributed by atoms with van der Waals surface area (Å²) in [7, 11) is 0. The van der Waals surface area contributed by atoms with Crippen LogP contribution in [0.2, 0.25) is 0 Å². The van der Waals surface area contributed by atoms with Gasteiger partial charge in [-0.1, -0.05) is 202 Å². The van der Waals surface area contributed by atoms with Crippen molar-refractivity contribution in [3.05, 3.63) is 400 Å². The van der Waals surface area contributed by atoms with Crippen LogP contribution in [0.15, 0.2) is 400 Å². The maximum atomic E-state index is 4.43. The van der Waals surface area contributed by atoms with Crippen LogP contribution in [0.25, 0.3) is 22.3 Å². The van der Waals surface area contributed by atoms with Gasteiger partial charge in [0.25, 0.3) is 0 Å². The Hall–Kier alpha value is -12.1. The van der Waals surface area contributed by atoms with Gasteiger partial charge in [-0.3, -0.25) is 0 Å².